The lowest BCUT2D eigenvalue weighted by Gasteiger charge is -2.26. The van der Waals surface area contributed by atoms with Gasteiger partial charge in [0.25, 0.3) is 5.91 Å². The van der Waals surface area contributed by atoms with Crippen LogP contribution in [0.5, 0.6) is 0 Å². The van der Waals surface area contributed by atoms with Crippen LogP contribution in [0.1, 0.15) is 36.0 Å². The second kappa shape index (κ2) is 5.67. The number of rotatable bonds is 4. The molecule has 1 N–H and O–H groups in total. The van der Waals surface area contributed by atoms with Crippen LogP contribution in [0.4, 0.5) is 0 Å². The third kappa shape index (κ3) is 3.09. The predicted molar refractivity (Wildman–Crippen MR) is 73.5 cm³/mol. The molecule has 1 fully saturated rings. The second-order valence-corrected chi connectivity index (χ2v) is 5.45. The van der Waals surface area contributed by atoms with Gasteiger partial charge in [-0.05, 0) is 30.4 Å². The monoisotopic (exact) mass is 295 g/mol. The molecule has 1 aliphatic carbocycles. The number of nitrogens with one attached hydrogen (secondary N) is 1. The van der Waals surface area contributed by atoms with Gasteiger partial charge >= 0.3 is 0 Å². The zero-order chi connectivity index (χ0) is 12.1. The molecule has 0 spiro atoms. The first-order valence-corrected chi connectivity index (χ1v) is 7.27. The van der Waals surface area contributed by atoms with E-state index in [2.05, 4.69) is 21.2 Å². The number of alkyl halides is 1. The van der Waals surface area contributed by atoms with Crippen molar-refractivity contribution in [2.45, 2.75) is 25.7 Å². The Morgan fingerprint density at radius 1 is 1.24 bits per heavy atom. The van der Waals surface area contributed by atoms with E-state index in [1.165, 1.54) is 25.7 Å². The van der Waals surface area contributed by atoms with Crippen LogP contribution < -0.4 is 5.32 Å². The average Bonchev–Trinajstić information content (AvgIpc) is 2.86. The standard InChI is InChI=1S/C14H18BrNO/c15-10-14(8-4-5-9-14)11-16-13(17)12-6-2-1-3-7-12/h1-3,6-7H,4-5,8-11H2,(H,16,17). The summed E-state index contributed by atoms with van der Waals surface area (Å²) in [6.45, 7) is 0.784. The van der Waals surface area contributed by atoms with Gasteiger partial charge in [-0.25, -0.2) is 0 Å². The van der Waals surface area contributed by atoms with E-state index in [4.69, 9.17) is 0 Å². The van der Waals surface area contributed by atoms with Crippen LogP contribution >= 0.6 is 15.9 Å². The van der Waals surface area contributed by atoms with E-state index in [0.29, 0.717) is 0 Å². The van der Waals surface area contributed by atoms with Gasteiger partial charge in [0.15, 0.2) is 0 Å². The number of hydrogen-bond acceptors (Lipinski definition) is 1. The fourth-order valence-electron chi connectivity index (χ4n) is 2.44. The summed E-state index contributed by atoms with van der Waals surface area (Å²) in [5.41, 5.74) is 1.03. The molecule has 1 aromatic rings. The summed E-state index contributed by atoms with van der Waals surface area (Å²) in [6.07, 6.45) is 5.00. The summed E-state index contributed by atoms with van der Waals surface area (Å²) >= 11 is 3.59. The molecule has 1 amide bonds. The van der Waals surface area contributed by atoms with Gasteiger partial charge in [0.1, 0.15) is 0 Å². The van der Waals surface area contributed by atoms with Crippen molar-refractivity contribution in [3.05, 3.63) is 35.9 Å². The molecule has 0 aromatic heterocycles. The number of hydrogen-bond donors (Lipinski definition) is 1. The predicted octanol–water partition coefficient (Wildman–Crippen LogP) is 3.37. The molecule has 2 rings (SSSR count). The normalized spacial score (nSPS) is 17.9. The zero-order valence-electron chi connectivity index (χ0n) is 9.92. The molecule has 0 saturated heterocycles. The summed E-state index contributed by atoms with van der Waals surface area (Å²) in [5.74, 6) is 0.0397. The molecular formula is C14H18BrNO. The quantitative estimate of drug-likeness (QED) is 0.848. The third-order valence-electron chi connectivity index (χ3n) is 3.61. The van der Waals surface area contributed by atoms with Crippen LogP contribution in [0.15, 0.2) is 30.3 Å². The van der Waals surface area contributed by atoms with Crippen molar-refractivity contribution in [3.63, 3.8) is 0 Å². The van der Waals surface area contributed by atoms with Crippen molar-refractivity contribution in [1.82, 2.24) is 5.32 Å². The van der Waals surface area contributed by atoms with E-state index in [-0.39, 0.29) is 11.3 Å². The van der Waals surface area contributed by atoms with E-state index in [9.17, 15) is 4.79 Å². The van der Waals surface area contributed by atoms with Crippen LogP contribution in [-0.2, 0) is 0 Å². The fourth-order valence-corrected chi connectivity index (χ4v) is 3.20. The van der Waals surface area contributed by atoms with E-state index in [1.807, 2.05) is 30.3 Å². The number of carbonyl (C=O) groups excluding carboxylic acids is 1. The van der Waals surface area contributed by atoms with Crippen molar-refractivity contribution >= 4 is 21.8 Å². The van der Waals surface area contributed by atoms with Crippen LogP contribution in [0.2, 0.25) is 0 Å². The minimum Gasteiger partial charge on any atom is -0.351 e. The van der Waals surface area contributed by atoms with Crippen LogP contribution in [-0.4, -0.2) is 17.8 Å². The highest BCUT2D eigenvalue weighted by molar-refractivity contribution is 9.09. The largest absolute Gasteiger partial charge is 0.351 e. The highest BCUT2D eigenvalue weighted by atomic mass is 79.9. The van der Waals surface area contributed by atoms with Gasteiger partial charge in [-0.15, -0.1) is 0 Å². The lowest BCUT2D eigenvalue weighted by molar-refractivity contribution is 0.0935. The van der Waals surface area contributed by atoms with Gasteiger partial charge < -0.3 is 5.32 Å². The third-order valence-corrected chi connectivity index (χ3v) is 4.80. The van der Waals surface area contributed by atoms with E-state index >= 15 is 0 Å². The summed E-state index contributed by atoms with van der Waals surface area (Å²) in [7, 11) is 0. The molecule has 1 saturated carbocycles. The molecular weight excluding hydrogens is 278 g/mol. The Hall–Kier alpha value is -0.830. The maximum absolute atomic E-state index is 11.9. The minimum absolute atomic E-state index is 0.0397. The highest BCUT2D eigenvalue weighted by Gasteiger charge is 2.32. The van der Waals surface area contributed by atoms with Gasteiger partial charge in [-0.1, -0.05) is 47.0 Å². The molecule has 0 heterocycles. The SMILES string of the molecule is O=C(NCC1(CBr)CCCC1)c1ccccc1. The molecule has 1 aromatic carbocycles. The van der Waals surface area contributed by atoms with Crippen molar-refractivity contribution in [3.8, 4) is 0 Å². The van der Waals surface area contributed by atoms with Crippen molar-refractivity contribution in [2.75, 3.05) is 11.9 Å². The van der Waals surface area contributed by atoms with Crippen molar-refractivity contribution < 1.29 is 4.79 Å². The maximum Gasteiger partial charge on any atom is 0.251 e. The van der Waals surface area contributed by atoms with E-state index in [0.717, 1.165) is 17.4 Å². The molecule has 3 heteroatoms. The van der Waals surface area contributed by atoms with Crippen LogP contribution in [0.3, 0.4) is 0 Å². The lowest BCUT2D eigenvalue weighted by Crippen LogP contribution is -2.37. The molecule has 0 unspecified atom stereocenters. The second-order valence-electron chi connectivity index (χ2n) is 4.89. The molecule has 17 heavy (non-hydrogen) atoms. The number of benzene rings is 1. The van der Waals surface area contributed by atoms with Crippen molar-refractivity contribution in [1.29, 1.82) is 0 Å². The van der Waals surface area contributed by atoms with Crippen molar-refractivity contribution in [2.24, 2.45) is 5.41 Å². The molecule has 0 atom stereocenters. The molecule has 2 nitrogen and oxygen atoms in total. The number of amides is 1. The molecule has 0 radical (unpaired) electrons. The maximum atomic E-state index is 11.9. The first-order valence-electron chi connectivity index (χ1n) is 6.15. The summed E-state index contributed by atoms with van der Waals surface area (Å²) < 4.78 is 0. The molecule has 92 valence electrons. The smallest absolute Gasteiger partial charge is 0.251 e. The van der Waals surface area contributed by atoms with Crippen LogP contribution in [0, 0.1) is 5.41 Å². The minimum atomic E-state index is 0.0397. The Kier molecular flexibility index (Phi) is 4.21. The Morgan fingerprint density at radius 2 is 1.88 bits per heavy atom. The molecule has 0 bridgehead atoms. The average molecular weight is 296 g/mol. The Bertz CT molecular complexity index is 371. The van der Waals surface area contributed by atoms with Gasteiger partial charge in [0.05, 0.1) is 0 Å². The van der Waals surface area contributed by atoms with Gasteiger partial charge in [-0.3, -0.25) is 4.79 Å². The summed E-state index contributed by atoms with van der Waals surface area (Å²) in [4.78, 5) is 11.9. The Labute approximate surface area is 111 Å². The summed E-state index contributed by atoms with van der Waals surface area (Å²) in [6, 6.07) is 9.42. The molecule has 0 aliphatic heterocycles. The first kappa shape index (κ1) is 12.6. The number of halogens is 1. The zero-order valence-corrected chi connectivity index (χ0v) is 11.5. The topological polar surface area (TPSA) is 29.1 Å². The van der Waals surface area contributed by atoms with Gasteiger partial charge in [-0.2, -0.15) is 0 Å². The van der Waals surface area contributed by atoms with E-state index in [1.54, 1.807) is 0 Å². The lowest BCUT2D eigenvalue weighted by atomic mass is 9.89. The summed E-state index contributed by atoms with van der Waals surface area (Å²) in [5, 5.41) is 4.04. The fraction of sp³-hybridized carbons (Fsp3) is 0.500. The first-order chi connectivity index (χ1) is 8.26. The highest BCUT2D eigenvalue weighted by Crippen LogP contribution is 2.38. The Balaban J connectivity index is 1.92. The van der Waals surface area contributed by atoms with Gasteiger partial charge in [0.2, 0.25) is 0 Å². The molecule has 1 aliphatic rings. The van der Waals surface area contributed by atoms with E-state index < -0.39 is 0 Å². The van der Waals surface area contributed by atoms with Crippen LogP contribution in [0.25, 0.3) is 0 Å². The van der Waals surface area contributed by atoms with Gasteiger partial charge in [0, 0.05) is 17.4 Å². The Morgan fingerprint density at radius 3 is 2.47 bits per heavy atom. The number of carbonyl (C=O) groups is 1.